The van der Waals surface area contributed by atoms with E-state index in [1.165, 1.54) is 11.8 Å². The molecule has 158 valence electrons. The SMILES string of the molecule is CCN(CC)c1ccc(NC(=O)CSc2nnc(C)n2-c2ccc(OC)cc2)cc1. The molecule has 7 nitrogen and oxygen atoms in total. The average Bonchev–Trinajstić information content (AvgIpc) is 3.14. The predicted molar refractivity (Wildman–Crippen MR) is 122 cm³/mol. The maximum Gasteiger partial charge on any atom is 0.234 e. The molecule has 0 atom stereocenters. The first-order valence-corrected chi connectivity index (χ1v) is 10.9. The van der Waals surface area contributed by atoms with E-state index >= 15 is 0 Å². The van der Waals surface area contributed by atoms with E-state index in [4.69, 9.17) is 4.74 Å². The largest absolute Gasteiger partial charge is 0.497 e. The second kappa shape index (κ2) is 10.2. The fraction of sp³-hybridized carbons (Fsp3) is 0.318. The van der Waals surface area contributed by atoms with E-state index in [0.29, 0.717) is 5.16 Å². The van der Waals surface area contributed by atoms with Crippen molar-refractivity contribution in [2.24, 2.45) is 0 Å². The van der Waals surface area contributed by atoms with Crippen molar-refractivity contribution >= 4 is 29.0 Å². The minimum atomic E-state index is -0.0856. The fourth-order valence-electron chi connectivity index (χ4n) is 3.14. The number of thioether (sulfide) groups is 1. The van der Waals surface area contributed by atoms with E-state index in [9.17, 15) is 4.79 Å². The Hall–Kier alpha value is -3.00. The van der Waals surface area contributed by atoms with Gasteiger partial charge in [0.15, 0.2) is 5.16 Å². The Morgan fingerprint density at radius 1 is 1.07 bits per heavy atom. The highest BCUT2D eigenvalue weighted by molar-refractivity contribution is 7.99. The van der Waals surface area contributed by atoms with Crippen LogP contribution in [-0.4, -0.2) is 46.6 Å². The van der Waals surface area contributed by atoms with Gasteiger partial charge in [-0.3, -0.25) is 9.36 Å². The Morgan fingerprint density at radius 3 is 2.33 bits per heavy atom. The number of carbonyl (C=O) groups excluding carboxylic acids is 1. The Morgan fingerprint density at radius 2 is 1.73 bits per heavy atom. The Kier molecular flexibility index (Phi) is 7.35. The lowest BCUT2D eigenvalue weighted by molar-refractivity contribution is -0.113. The summed E-state index contributed by atoms with van der Waals surface area (Å²) in [5, 5.41) is 12.0. The van der Waals surface area contributed by atoms with Crippen LogP contribution in [0.3, 0.4) is 0 Å². The second-order valence-electron chi connectivity index (χ2n) is 6.62. The lowest BCUT2D eigenvalue weighted by Crippen LogP contribution is -2.21. The molecule has 0 radical (unpaired) electrons. The number of hydrogen-bond donors (Lipinski definition) is 1. The molecule has 8 heteroatoms. The summed E-state index contributed by atoms with van der Waals surface area (Å²) in [4.78, 5) is 14.7. The molecule has 1 aromatic heterocycles. The van der Waals surface area contributed by atoms with Crippen LogP contribution in [0.5, 0.6) is 5.75 Å². The third-order valence-electron chi connectivity index (χ3n) is 4.74. The molecule has 30 heavy (non-hydrogen) atoms. The van der Waals surface area contributed by atoms with Crippen molar-refractivity contribution in [1.29, 1.82) is 0 Å². The van der Waals surface area contributed by atoms with Crippen molar-refractivity contribution in [3.8, 4) is 11.4 Å². The smallest absolute Gasteiger partial charge is 0.234 e. The third kappa shape index (κ3) is 5.13. The van der Waals surface area contributed by atoms with E-state index in [2.05, 4.69) is 34.3 Å². The molecule has 0 saturated heterocycles. The normalized spacial score (nSPS) is 10.7. The molecule has 2 aromatic carbocycles. The van der Waals surface area contributed by atoms with E-state index in [0.717, 1.165) is 41.7 Å². The lowest BCUT2D eigenvalue weighted by atomic mass is 10.2. The number of nitrogens with zero attached hydrogens (tertiary/aromatic N) is 4. The van der Waals surface area contributed by atoms with Gasteiger partial charge in [0.05, 0.1) is 12.9 Å². The van der Waals surface area contributed by atoms with Gasteiger partial charge in [0, 0.05) is 30.2 Å². The summed E-state index contributed by atoms with van der Waals surface area (Å²) in [6.45, 7) is 8.05. The van der Waals surface area contributed by atoms with Crippen LogP contribution in [0.15, 0.2) is 53.7 Å². The summed E-state index contributed by atoms with van der Waals surface area (Å²) in [6, 6.07) is 15.6. The monoisotopic (exact) mass is 425 g/mol. The number of ether oxygens (including phenoxy) is 1. The topological polar surface area (TPSA) is 72.3 Å². The maximum absolute atomic E-state index is 12.4. The number of carbonyl (C=O) groups is 1. The summed E-state index contributed by atoms with van der Waals surface area (Å²) < 4.78 is 7.14. The van der Waals surface area contributed by atoms with Crippen LogP contribution in [0.1, 0.15) is 19.7 Å². The number of aryl methyl sites for hydroxylation is 1. The summed E-state index contributed by atoms with van der Waals surface area (Å²) >= 11 is 1.35. The zero-order valence-electron chi connectivity index (χ0n) is 17.8. The molecule has 0 aliphatic heterocycles. The number of methoxy groups -OCH3 is 1. The number of rotatable bonds is 9. The number of nitrogens with one attached hydrogen (secondary N) is 1. The number of benzene rings is 2. The Bertz CT molecular complexity index is 966. The van der Waals surface area contributed by atoms with E-state index < -0.39 is 0 Å². The molecule has 0 unspecified atom stereocenters. The van der Waals surface area contributed by atoms with Gasteiger partial charge in [-0.1, -0.05) is 11.8 Å². The molecule has 3 rings (SSSR count). The molecule has 0 fully saturated rings. The van der Waals surface area contributed by atoms with Crippen molar-refractivity contribution in [2.75, 3.05) is 36.2 Å². The lowest BCUT2D eigenvalue weighted by Gasteiger charge is -2.21. The average molecular weight is 426 g/mol. The molecule has 3 aromatic rings. The predicted octanol–water partition coefficient (Wildman–Crippen LogP) is 4.16. The highest BCUT2D eigenvalue weighted by Crippen LogP contribution is 2.24. The van der Waals surface area contributed by atoms with Crippen LogP contribution in [-0.2, 0) is 4.79 Å². The minimum Gasteiger partial charge on any atom is -0.497 e. The van der Waals surface area contributed by atoms with Gasteiger partial charge in [0.25, 0.3) is 0 Å². The van der Waals surface area contributed by atoms with Crippen LogP contribution < -0.4 is 15.0 Å². The van der Waals surface area contributed by atoms with Crippen LogP contribution in [0.2, 0.25) is 0 Å². The van der Waals surface area contributed by atoms with Crippen molar-refractivity contribution < 1.29 is 9.53 Å². The van der Waals surface area contributed by atoms with Gasteiger partial charge >= 0.3 is 0 Å². The maximum atomic E-state index is 12.4. The third-order valence-corrected chi connectivity index (χ3v) is 5.67. The molecule has 0 bridgehead atoms. The van der Waals surface area contributed by atoms with Gasteiger partial charge in [0.1, 0.15) is 11.6 Å². The Balaban J connectivity index is 1.62. The van der Waals surface area contributed by atoms with Gasteiger partial charge in [-0.2, -0.15) is 0 Å². The molecule has 1 amide bonds. The standard InChI is InChI=1S/C22H27N5O2S/c1-5-26(6-2)18-9-7-17(8-10-18)23-21(28)15-30-22-25-24-16(3)27(22)19-11-13-20(29-4)14-12-19/h7-14H,5-6,15H2,1-4H3,(H,23,28). The Labute approximate surface area is 181 Å². The zero-order chi connectivity index (χ0) is 21.5. The molecular formula is C22H27N5O2S. The molecule has 0 aliphatic carbocycles. The van der Waals surface area contributed by atoms with Crippen molar-refractivity contribution in [1.82, 2.24) is 14.8 Å². The van der Waals surface area contributed by atoms with Crippen LogP contribution in [0.4, 0.5) is 11.4 Å². The van der Waals surface area contributed by atoms with E-state index in [1.54, 1.807) is 7.11 Å². The van der Waals surface area contributed by atoms with Crippen LogP contribution >= 0.6 is 11.8 Å². The number of hydrogen-bond acceptors (Lipinski definition) is 6. The first-order valence-electron chi connectivity index (χ1n) is 9.89. The van der Waals surface area contributed by atoms with Gasteiger partial charge in [-0.05, 0) is 69.3 Å². The van der Waals surface area contributed by atoms with Gasteiger partial charge in [0.2, 0.25) is 5.91 Å². The number of amides is 1. The number of anilines is 2. The first-order chi connectivity index (χ1) is 14.5. The van der Waals surface area contributed by atoms with E-state index in [1.807, 2.05) is 60.0 Å². The van der Waals surface area contributed by atoms with Crippen molar-refractivity contribution in [3.63, 3.8) is 0 Å². The quantitative estimate of drug-likeness (QED) is 0.519. The highest BCUT2D eigenvalue weighted by atomic mass is 32.2. The van der Waals surface area contributed by atoms with E-state index in [-0.39, 0.29) is 11.7 Å². The molecule has 0 saturated carbocycles. The number of aromatic nitrogens is 3. The summed E-state index contributed by atoms with van der Waals surface area (Å²) in [5.41, 5.74) is 2.85. The summed E-state index contributed by atoms with van der Waals surface area (Å²) in [6.07, 6.45) is 0. The molecular weight excluding hydrogens is 398 g/mol. The second-order valence-corrected chi connectivity index (χ2v) is 7.56. The van der Waals surface area contributed by atoms with Crippen LogP contribution in [0, 0.1) is 6.92 Å². The molecule has 1 N–H and O–H groups in total. The fourth-order valence-corrected chi connectivity index (χ4v) is 3.93. The molecule has 0 spiro atoms. The zero-order valence-corrected chi connectivity index (χ0v) is 18.6. The van der Waals surface area contributed by atoms with Gasteiger partial charge in [-0.25, -0.2) is 0 Å². The minimum absolute atomic E-state index is 0.0856. The van der Waals surface area contributed by atoms with Crippen molar-refractivity contribution in [2.45, 2.75) is 25.9 Å². The van der Waals surface area contributed by atoms with Gasteiger partial charge in [-0.15, -0.1) is 10.2 Å². The van der Waals surface area contributed by atoms with Crippen LogP contribution in [0.25, 0.3) is 5.69 Å². The molecule has 1 heterocycles. The van der Waals surface area contributed by atoms with Crippen molar-refractivity contribution in [3.05, 3.63) is 54.4 Å². The van der Waals surface area contributed by atoms with Gasteiger partial charge < -0.3 is 15.0 Å². The summed E-state index contributed by atoms with van der Waals surface area (Å²) in [5.74, 6) is 1.70. The molecule has 0 aliphatic rings. The first kappa shape index (κ1) is 21.7. The highest BCUT2D eigenvalue weighted by Gasteiger charge is 2.14. The summed E-state index contributed by atoms with van der Waals surface area (Å²) in [7, 11) is 1.64.